The van der Waals surface area contributed by atoms with Crippen LogP contribution in [0.3, 0.4) is 0 Å². The minimum absolute atomic E-state index is 0.451. The Bertz CT molecular complexity index is 188. The van der Waals surface area contributed by atoms with E-state index < -0.39 is 0 Å². The SMILES string of the molecule is CC12C=CCC1(C)C=CC2. The molecule has 0 nitrogen and oxygen atoms in total. The maximum atomic E-state index is 2.38. The van der Waals surface area contributed by atoms with Crippen LogP contribution < -0.4 is 0 Å². The van der Waals surface area contributed by atoms with Gasteiger partial charge in [-0.3, -0.25) is 0 Å². The predicted octanol–water partition coefficient (Wildman–Crippen LogP) is 2.92. The van der Waals surface area contributed by atoms with Gasteiger partial charge in [0.05, 0.1) is 0 Å². The lowest BCUT2D eigenvalue weighted by Gasteiger charge is -2.33. The van der Waals surface area contributed by atoms with Crippen molar-refractivity contribution in [3.8, 4) is 0 Å². The Morgan fingerprint density at radius 1 is 0.900 bits per heavy atom. The first-order valence-electron chi connectivity index (χ1n) is 4.02. The van der Waals surface area contributed by atoms with Gasteiger partial charge in [-0.05, 0) is 23.7 Å². The molecule has 2 atom stereocenters. The van der Waals surface area contributed by atoms with Crippen molar-refractivity contribution in [3.63, 3.8) is 0 Å². The Morgan fingerprint density at radius 2 is 1.30 bits per heavy atom. The van der Waals surface area contributed by atoms with Crippen LogP contribution in [0.1, 0.15) is 26.7 Å². The molecule has 0 spiro atoms. The molecule has 10 heavy (non-hydrogen) atoms. The highest BCUT2D eigenvalue weighted by atomic mass is 14.5. The molecule has 0 heteroatoms. The molecule has 2 unspecified atom stereocenters. The van der Waals surface area contributed by atoms with E-state index in [1.165, 1.54) is 12.8 Å². The van der Waals surface area contributed by atoms with Crippen LogP contribution in [0.25, 0.3) is 0 Å². The molecular formula is C10H14. The Hall–Kier alpha value is -0.520. The average Bonchev–Trinajstić information content (AvgIpc) is 2.20. The molecule has 0 aromatic carbocycles. The minimum Gasteiger partial charge on any atom is -0.0871 e. The van der Waals surface area contributed by atoms with Gasteiger partial charge in [0.2, 0.25) is 0 Å². The summed E-state index contributed by atoms with van der Waals surface area (Å²) < 4.78 is 0. The summed E-state index contributed by atoms with van der Waals surface area (Å²) >= 11 is 0. The lowest BCUT2D eigenvalue weighted by atomic mass is 9.70. The van der Waals surface area contributed by atoms with E-state index in [2.05, 4.69) is 38.2 Å². The predicted molar refractivity (Wildman–Crippen MR) is 43.7 cm³/mol. The summed E-state index contributed by atoms with van der Waals surface area (Å²) in [5.41, 5.74) is 0.903. The van der Waals surface area contributed by atoms with Crippen molar-refractivity contribution in [2.75, 3.05) is 0 Å². The fourth-order valence-corrected chi connectivity index (χ4v) is 2.11. The van der Waals surface area contributed by atoms with Crippen molar-refractivity contribution in [2.45, 2.75) is 26.7 Å². The van der Waals surface area contributed by atoms with Crippen LogP contribution in [0.5, 0.6) is 0 Å². The molecule has 0 N–H and O–H groups in total. The lowest BCUT2D eigenvalue weighted by molar-refractivity contribution is 0.231. The first-order valence-corrected chi connectivity index (χ1v) is 4.02. The minimum atomic E-state index is 0.451. The first kappa shape index (κ1) is 6.21. The van der Waals surface area contributed by atoms with Crippen LogP contribution in [0, 0.1) is 10.8 Å². The summed E-state index contributed by atoms with van der Waals surface area (Å²) in [6, 6.07) is 0. The molecular weight excluding hydrogens is 120 g/mol. The average molecular weight is 134 g/mol. The molecule has 0 saturated heterocycles. The van der Waals surface area contributed by atoms with Crippen LogP contribution in [0.2, 0.25) is 0 Å². The molecule has 2 rings (SSSR count). The molecule has 0 amide bonds. The molecule has 0 aromatic heterocycles. The van der Waals surface area contributed by atoms with Gasteiger partial charge < -0.3 is 0 Å². The third-order valence-corrected chi connectivity index (χ3v) is 3.36. The van der Waals surface area contributed by atoms with Crippen LogP contribution in [0.4, 0.5) is 0 Å². The molecule has 54 valence electrons. The van der Waals surface area contributed by atoms with Crippen LogP contribution in [-0.4, -0.2) is 0 Å². The molecule has 2 aliphatic rings. The smallest absolute Gasteiger partial charge is 0.00209 e. The van der Waals surface area contributed by atoms with E-state index in [4.69, 9.17) is 0 Å². The van der Waals surface area contributed by atoms with Gasteiger partial charge in [-0.15, -0.1) is 0 Å². The van der Waals surface area contributed by atoms with Crippen LogP contribution >= 0.6 is 0 Å². The number of hydrogen-bond donors (Lipinski definition) is 0. The molecule has 0 aliphatic heterocycles. The second-order valence-electron chi connectivity index (χ2n) is 4.05. The Labute approximate surface area is 62.6 Å². The maximum absolute atomic E-state index is 2.38. The largest absolute Gasteiger partial charge is 0.0871 e. The van der Waals surface area contributed by atoms with Crippen molar-refractivity contribution in [1.29, 1.82) is 0 Å². The summed E-state index contributed by atoms with van der Waals surface area (Å²) in [4.78, 5) is 0. The van der Waals surface area contributed by atoms with Gasteiger partial charge in [-0.25, -0.2) is 0 Å². The highest BCUT2D eigenvalue weighted by Crippen LogP contribution is 2.55. The van der Waals surface area contributed by atoms with E-state index in [9.17, 15) is 0 Å². The highest BCUT2D eigenvalue weighted by Gasteiger charge is 2.45. The van der Waals surface area contributed by atoms with Crippen LogP contribution in [0.15, 0.2) is 24.3 Å². The van der Waals surface area contributed by atoms with E-state index in [-0.39, 0.29) is 0 Å². The molecule has 0 fully saturated rings. The molecule has 0 aromatic rings. The lowest BCUT2D eigenvalue weighted by Crippen LogP contribution is -2.26. The second kappa shape index (κ2) is 1.55. The Balaban J connectivity index is 2.43. The molecule has 0 saturated carbocycles. The van der Waals surface area contributed by atoms with Gasteiger partial charge >= 0.3 is 0 Å². The Morgan fingerprint density at radius 3 is 1.70 bits per heavy atom. The standard InChI is InChI=1S/C10H14/c1-9-5-3-7-10(9,2)8-4-6-9/h3-5,8H,6-7H2,1-2H3. The van der Waals surface area contributed by atoms with Gasteiger partial charge in [-0.1, -0.05) is 38.2 Å². The number of fused-ring (bicyclic) bond motifs is 1. The van der Waals surface area contributed by atoms with Crippen molar-refractivity contribution in [2.24, 2.45) is 10.8 Å². The number of hydrogen-bond acceptors (Lipinski definition) is 0. The number of allylic oxidation sites excluding steroid dienone is 4. The van der Waals surface area contributed by atoms with Crippen molar-refractivity contribution >= 4 is 0 Å². The van der Waals surface area contributed by atoms with Crippen molar-refractivity contribution in [1.82, 2.24) is 0 Å². The summed E-state index contributed by atoms with van der Waals surface area (Å²) in [6.45, 7) is 4.72. The van der Waals surface area contributed by atoms with Gasteiger partial charge in [0, 0.05) is 0 Å². The van der Waals surface area contributed by atoms with Crippen molar-refractivity contribution in [3.05, 3.63) is 24.3 Å². The van der Waals surface area contributed by atoms with Gasteiger partial charge in [0.25, 0.3) is 0 Å². The quantitative estimate of drug-likeness (QED) is 0.447. The molecule has 0 heterocycles. The summed E-state index contributed by atoms with van der Waals surface area (Å²) in [6.07, 6.45) is 11.9. The zero-order valence-electron chi connectivity index (χ0n) is 6.72. The topological polar surface area (TPSA) is 0 Å². The normalized spacial score (nSPS) is 50.2. The number of rotatable bonds is 0. The first-order chi connectivity index (χ1) is 4.66. The molecule has 2 aliphatic carbocycles. The van der Waals surface area contributed by atoms with E-state index in [0.717, 1.165) is 0 Å². The zero-order chi connectivity index (χ0) is 7.24. The van der Waals surface area contributed by atoms with Crippen molar-refractivity contribution < 1.29 is 0 Å². The highest BCUT2D eigenvalue weighted by molar-refractivity contribution is 5.27. The van der Waals surface area contributed by atoms with E-state index in [0.29, 0.717) is 10.8 Å². The zero-order valence-corrected chi connectivity index (χ0v) is 6.72. The summed E-state index contributed by atoms with van der Waals surface area (Å²) in [7, 11) is 0. The maximum Gasteiger partial charge on any atom is -0.00209 e. The fourth-order valence-electron chi connectivity index (χ4n) is 2.11. The Kier molecular flexibility index (Phi) is 0.964. The van der Waals surface area contributed by atoms with E-state index in [1.54, 1.807) is 0 Å². The summed E-state index contributed by atoms with van der Waals surface area (Å²) in [5.74, 6) is 0. The monoisotopic (exact) mass is 134 g/mol. The molecule has 0 bridgehead atoms. The third-order valence-electron chi connectivity index (χ3n) is 3.36. The van der Waals surface area contributed by atoms with E-state index in [1.807, 2.05) is 0 Å². The van der Waals surface area contributed by atoms with Gasteiger partial charge in [0.1, 0.15) is 0 Å². The molecule has 0 radical (unpaired) electrons. The third kappa shape index (κ3) is 0.524. The second-order valence-corrected chi connectivity index (χ2v) is 4.05. The summed E-state index contributed by atoms with van der Waals surface area (Å²) in [5, 5.41) is 0. The fraction of sp³-hybridized carbons (Fsp3) is 0.600. The van der Waals surface area contributed by atoms with Gasteiger partial charge in [-0.2, -0.15) is 0 Å². The van der Waals surface area contributed by atoms with Gasteiger partial charge in [0.15, 0.2) is 0 Å². The van der Waals surface area contributed by atoms with E-state index >= 15 is 0 Å². The van der Waals surface area contributed by atoms with Crippen LogP contribution in [-0.2, 0) is 0 Å².